The van der Waals surface area contributed by atoms with Gasteiger partial charge in [-0.3, -0.25) is 9.59 Å². The Hall–Kier alpha value is -2.15. The van der Waals surface area contributed by atoms with E-state index in [4.69, 9.17) is 10.4 Å². The lowest BCUT2D eigenvalue weighted by atomic mass is 9.95. The Balaban J connectivity index is 3.37. The van der Waals surface area contributed by atoms with Crippen LogP contribution in [0.2, 0.25) is 0 Å². The fourth-order valence-electron chi connectivity index (χ4n) is 1.59. The van der Waals surface area contributed by atoms with Crippen molar-refractivity contribution in [1.29, 1.82) is 5.26 Å². The Morgan fingerprint density at radius 2 is 2.12 bits per heavy atom. The molecule has 0 aliphatic heterocycles. The molecule has 0 aliphatic rings. The van der Waals surface area contributed by atoms with Crippen molar-refractivity contribution in [1.82, 2.24) is 0 Å². The number of carbonyl (C=O) groups is 2. The van der Waals surface area contributed by atoms with Crippen LogP contribution in [-0.2, 0) is 17.6 Å². The zero-order chi connectivity index (χ0) is 12.1. The molecule has 1 rings (SSSR count). The number of aliphatic carboxylic acids is 1. The molecule has 0 aliphatic carbocycles. The van der Waals surface area contributed by atoms with E-state index in [1.807, 2.05) is 13.0 Å². The second-order valence-electron chi connectivity index (χ2n) is 3.37. The van der Waals surface area contributed by atoms with Gasteiger partial charge in [0.2, 0.25) is 0 Å². The van der Waals surface area contributed by atoms with Crippen LogP contribution in [0.3, 0.4) is 0 Å². The maximum Gasteiger partial charge on any atom is 0.307 e. The van der Waals surface area contributed by atoms with Crippen molar-refractivity contribution < 1.29 is 14.7 Å². The zero-order valence-corrected chi connectivity index (χ0v) is 8.86. The molecule has 1 N–H and O–H groups in total. The standard InChI is InChI=1S/C12H11NO3/c1-2-9-3-8(7-14)4-10(5-12(15)16)11(9)6-13/h3-4,7H,2,5H2,1H3,(H,15,16). The molecular weight excluding hydrogens is 206 g/mol. The van der Waals surface area contributed by atoms with Gasteiger partial charge in [0.25, 0.3) is 0 Å². The van der Waals surface area contributed by atoms with E-state index in [-0.39, 0.29) is 6.42 Å². The molecule has 0 saturated carbocycles. The van der Waals surface area contributed by atoms with Crippen molar-refractivity contribution >= 4 is 12.3 Å². The molecule has 0 saturated heterocycles. The van der Waals surface area contributed by atoms with Gasteiger partial charge >= 0.3 is 5.97 Å². The van der Waals surface area contributed by atoms with Crippen LogP contribution in [0.5, 0.6) is 0 Å². The number of rotatable bonds is 4. The van der Waals surface area contributed by atoms with Gasteiger partial charge in [0.1, 0.15) is 6.29 Å². The minimum absolute atomic E-state index is 0.239. The highest BCUT2D eigenvalue weighted by molar-refractivity contribution is 5.78. The number of hydrogen-bond donors (Lipinski definition) is 1. The summed E-state index contributed by atoms with van der Waals surface area (Å²) in [5.41, 5.74) is 1.89. The molecule has 0 spiro atoms. The van der Waals surface area contributed by atoms with Crippen molar-refractivity contribution in [3.05, 3.63) is 34.4 Å². The predicted molar refractivity (Wildman–Crippen MR) is 57.3 cm³/mol. The molecule has 0 aromatic heterocycles. The van der Waals surface area contributed by atoms with Crippen LogP contribution in [0.25, 0.3) is 0 Å². The Kier molecular flexibility index (Phi) is 3.78. The Morgan fingerprint density at radius 1 is 1.50 bits per heavy atom. The number of carboxylic acids is 1. The second-order valence-corrected chi connectivity index (χ2v) is 3.37. The summed E-state index contributed by atoms with van der Waals surface area (Å²) in [7, 11) is 0. The lowest BCUT2D eigenvalue weighted by Crippen LogP contribution is -2.05. The molecule has 0 radical (unpaired) electrons. The summed E-state index contributed by atoms with van der Waals surface area (Å²) in [6.45, 7) is 1.86. The van der Waals surface area contributed by atoms with Crippen LogP contribution in [-0.4, -0.2) is 17.4 Å². The fraction of sp³-hybridized carbons (Fsp3) is 0.250. The predicted octanol–water partition coefficient (Wildman–Crippen LogP) is 1.56. The molecule has 82 valence electrons. The molecule has 0 heterocycles. The third kappa shape index (κ3) is 2.45. The number of benzene rings is 1. The van der Waals surface area contributed by atoms with Gasteiger partial charge in [0.05, 0.1) is 18.1 Å². The summed E-state index contributed by atoms with van der Waals surface area (Å²) in [4.78, 5) is 21.3. The maximum atomic E-state index is 10.7. The van der Waals surface area contributed by atoms with Crippen LogP contribution in [0.4, 0.5) is 0 Å². The smallest absolute Gasteiger partial charge is 0.307 e. The van der Waals surface area contributed by atoms with Crippen LogP contribution in [0.1, 0.15) is 34.0 Å². The Bertz CT molecular complexity index is 472. The van der Waals surface area contributed by atoms with E-state index in [0.717, 1.165) is 0 Å². The first-order valence-electron chi connectivity index (χ1n) is 4.85. The summed E-state index contributed by atoms with van der Waals surface area (Å²) in [5, 5.41) is 17.7. The lowest BCUT2D eigenvalue weighted by molar-refractivity contribution is -0.136. The van der Waals surface area contributed by atoms with Crippen molar-refractivity contribution in [3.8, 4) is 6.07 Å². The summed E-state index contributed by atoms with van der Waals surface area (Å²) < 4.78 is 0. The number of nitriles is 1. The molecule has 0 atom stereocenters. The van der Waals surface area contributed by atoms with Crippen LogP contribution in [0, 0.1) is 11.3 Å². The lowest BCUT2D eigenvalue weighted by Gasteiger charge is -2.07. The SMILES string of the molecule is CCc1cc(C=O)cc(CC(=O)O)c1C#N. The number of carboxylic acid groups (broad SMARTS) is 1. The van der Waals surface area contributed by atoms with Gasteiger partial charge in [-0.05, 0) is 29.7 Å². The highest BCUT2D eigenvalue weighted by Crippen LogP contribution is 2.18. The van der Waals surface area contributed by atoms with E-state index in [2.05, 4.69) is 0 Å². The minimum atomic E-state index is -1.01. The van der Waals surface area contributed by atoms with E-state index in [1.165, 1.54) is 6.07 Å². The summed E-state index contributed by atoms with van der Waals surface area (Å²) in [6.07, 6.45) is 1.01. The normalized spacial score (nSPS) is 9.50. The number of aryl methyl sites for hydroxylation is 1. The molecule has 4 heteroatoms. The first-order chi connectivity index (χ1) is 7.62. The van der Waals surface area contributed by atoms with E-state index in [9.17, 15) is 9.59 Å². The van der Waals surface area contributed by atoms with Crippen molar-refractivity contribution in [3.63, 3.8) is 0 Å². The van der Waals surface area contributed by atoms with Crippen LogP contribution in [0.15, 0.2) is 12.1 Å². The van der Waals surface area contributed by atoms with Crippen molar-refractivity contribution in [2.24, 2.45) is 0 Å². The highest BCUT2D eigenvalue weighted by Gasteiger charge is 2.12. The molecule has 0 unspecified atom stereocenters. The average molecular weight is 217 g/mol. The minimum Gasteiger partial charge on any atom is -0.481 e. The zero-order valence-electron chi connectivity index (χ0n) is 8.86. The summed E-state index contributed by atoms with van der Waals surface area (Å²) >= 11 is 0. The number of aldehydes is 1. The molecule has 1 aromatic rings. The quantitative estimate of drug-likeness (QED) is 0.776. The summed E-state index contributed by atoms with van der Waals surface area (Å²) in [6, 6.07) is 5.07. The summed E-state index contributed by atoms with van der Waals surface area (Å²) in [5.74, 6) is -1.01. The molecule has 0 amide bonds. The fourth-order valence-corrected chi connectivity index (χ4v) is 1.59. The van der Waals surface area contributed by atoms with Gasteiger partial charge in [0.15, 0.2) is 0 Å². The third-order valence-electron chi connectivity index (χ3n) is 2.29. The van der Waals surface area contributed by atoms with Gasteiger partial charge in [-0.2, -0.15) is 5.26 Å². The second kappa shape index (κ2) is 5.08. The Labute approximate surface area is 93.1 Å². The van der Waals surface area contributed by atoms with Crippen LogP contribution < -0.4 is 0 Å². The monoisotopic (exact) mass is 217 g/mol. The van der Waals surface area contributed by atoms with E-state index in [1.54, 1.807) is 6.07 Å². The third-order valence-corrected chi connectivity index (χ3v) is 2.29. The average Bonchev–Trinajstić information content (AvgIpc) is 2.27. The van der Waals surface area contributed by atoms with Crippen molar-refractivity contribution in [2.45, 2.75) is 19.8 Å². The maximum absolute atomic E-state index is 10.7. The number of carbonyl (C=O) groups excluding carboxylic acids is 1. The Morgan fingerprint density at radius 3 is 2.56 bits per heavy atom. The highest BCUT2D eigenvalue weighted by atomic mass is 16.4. The first kappa shape index (κ1) is 11.9. The topological polar surface area (TPSA) is 78.2 Å². The molecule has 0 fully saturated rings. The molecule has 4 nitrogen and oxygen atoms in total. The largest absolute Gasteiger partial charge is 0.481 e. The molecule has 16 heavy (non-hydrogen) atoms. The van der Waals surface area contributed by atoms with Gasteiger partial charge in [-0.25, -0.2) is 0 Å². The molecule has 0 bridgehead atoms. The van der Waals surface area contributed by atoms with Crippen molar-refractivity contribution in [2.75, 3.05) is 0 Å². The van der Waals surface area contributed by atoms with Gasteiger partial charge < -0.3 is 5.11 Å². The number of hydrogen-bond acceptors (Lipinski definition) is 3. The van der Waals surface area contributed by atoms with E-state index in [0.29, 0.717) is 35.0 Å². The molecule has 1 aromatic carbocycles. The van der Waals surface area contributed by atoms with E-state index < -0.39 is 5.97 Å². The van der Waals surface area contributed by atoms with Gasteiger partial charge in [-0.15, -0.1) is 0 Å². The number of nitrogens with zero attached hydrogens (tertiary/aromatic N) is 1. The first-order valence-corrected chi connectivity index (χ1v) is 4.85. The van der Waals surface area contributed by atoms with Crippen LogP contribution >= 0.6 is 0 Å². The van der Waals surface area contributed by atoms with Gasteiger partial charge in [0, 0.05) is 5.56 Å². The molecular formula is C12H11NO3. The van der Waals surface area contributed by atoms with E-state index >= 15 is 0 Å². The van der Waals surface area contributed by atoms with Gasteiger partial charge in [-0.1, -0.05) is 6.92 Å².